The molecule has 0 aliphatic rings. The van der Waals surface area contributed by atoms with Gasteiger partial charge in [0, 0.05) is 62.8 Å². The van der Waals surface area contributed by atoms with Crippen molar-refractivity contribution in [1.82, 2.24) is 0 Å². The van der Waals surface area contributed by atoms with Gasteiger partial charge in [0.25, 0.3) is 0 Å². The van der Waals surface area contributed by atoms with Gasteiger partial charge in [-0.15, -0.1) is 0 Å². The van der Waals surface area contributed by atoms with Crippen molar-refractivity contribution in [2.75, 3.05) is 52.9 Å². The summed E-state index contributed by atoms with van der Waals surface area (Å²) in [5.41, 5.74) is 3.47. The molecule has 0 aliphatic carbocycles. The molecule has 0 bridgehead atoms. The molecule has 10 aromatic carbocycles. The highest BCUT2D eigenvalue weighted by Gasteiger charge is 2.21. The van der Waals surface area contributed by atoms with Crippen LogP contribution in [-0.2, 0) is 38.4 Å². The molecule has 31 heteroatoms. The van der Waals surface area contributed by atoms with Crippen LogP contribution < -0.4 is 75.8 Å². The zero-order chi connectivity index (χ0) is 96.1. The molecular formula is C100H89F7O24. The maximum Gasteiger partial charge on any atom is 0.338 e. The van der Waals surface area contributed by atoms with Gasteiger partial charge in [0.2, 0.25) is 0 Å². The van der Waals surface area contributed by atoms with Crippen LogP contribution in [0.5, 0.6) is 92.0 Å². The first-order valence-corrected chi connectivity index (χ1v) is 39.1. The number of halogens is 7. The second kappa shape index (κ2) is 50.2. The maximum absolute atomic E-state index is 14.6. The van der Waals surface area contributed by atoms with E-state index in [4.69, 9.17) is 75.8 Å². The number of ether oxygens (including phenoxy) is 16. The van der Waals surface area contributed by atoms with Crippen molar-refractivity contribution in [3.05, 3.63) is 338 Å². The molecule has 131 heavy (non-hydrogen) atoms. The quantitative estimate of drug-likeness (QED) is 0.0114. The Morgan fingerprint density at radius 3 is 0.664 bits per heavy atom. The second-order valence-corrected chi connectivity index (χ2v) is 27.9. The maximum atomic E-state index is 14.6. The first kappa shape index (κ1) is 102. The molecule has 10 rings (SSSR count). The Labute approximate surface area is 749 Å². The predicted molar refractivity (Wildman–Crippen MR) is 470 cm³/mol. The minimum absolute atomic E-state index is 0.00379. The first-order chi connectivity index (χ1) is 62.2. The lowest BCUT2D eigenvalue weighted by Crippen LogP contribution is -2.12. The summed E-state index contributed by atoms with van der Waals surface area (Å²) in [4.78, 5) is 92.0. The molecule has 0 atom stereocenters. The van der Waals surface area contributed by atoms with E-state index in [-0.39, 0.29) is 121 Å². The summed E-state index contributed by atoms with van der Waals surface area (Å²) in [6, 6.07) is 47.5. The topological polar surface area (TPSA) is 284 Å². The summed E-state index contributed by atoms with van der Waals surface area (Å²) in [6.45, 7) is 40.1. The fourth-order valence-corrected chi connectivity index (χ4v) is 9.73. The highest BCUT2D eigenvalue weighted by atomic mass is 19.2. The van der Waals surface area contributed by atoms with Gasteiger partial charge in [0.1, 0.15) is 116 Å². The third kappa shape index (κ3) is 33.9. The van der Waals surface area contributed by atoms with Crippen LogP contribution in [0, 0.1) is 40.7 Å². The molecule has 0 saturated carbocycles. The minimum Gasteiger partial charge on any atom is -0.490 e. The Morgan fingerprint density at radius 1 is 0.191 bits per heavy atom. The summed E-state index contributed by atoms with van der Waals surface area (Å²) in [6.07, 6.45) is 0. The number of carbonyl (C=O) groups excluding carboxylic acids is 8. The van der Waals surface area contributed by atoms with Crippen molar-refractivity contribution < 1.29 is 145 Å². The zero-order valence-corrected chi connectivity index (χ0v) is 72.3. The van der Waals surface area contributed by atoms with E-state index in [2.05, 4.69) is 52.6 Å². The Hall–Kier alpha value is -16.2. The van der Waals surface area contributed by atoms with Gasteiger partial charge >= 0.3 is 47.8 Å². The molecule has 0 aromatic heterocycles. The van der Waals surface area contributed by atoms with Crippen molar-refractivity contribution in [2.24, 2.45) is 0 Å². The number of benzene rings is 10. The summed E-state index contributed by atoms with van der Waals surface area (Å²) in [7, 11) is 0. The highest BCUT2D eigenvalue weighted by molar-refractivity contribution is 5.92. The summed E-state index contributed by atoms with van der Waals surface area (Å²) >= 11 is 0. The van der Waals surface area contributed by atoms with Crippen LogP contribution in [0.2, 0.25) is 0 Å². The molecule has 0 saturated heterocycles. The van der Waals surface area contributed by atoms with Gasteiger partial charge in [0.05, 0.1) is 0 Å². The van der Waals surface area contributed by atoms with Crippen molar-refractivity contribution in [2.45, 2.75) is 55.4 Å². The smallest absolute Gasteiger partial charge is 0.338 e. The van der Waals surface area contributed by atoms with E-state index in [1.807, 2.05) is 0 Å². The standard InChI is InChI=1S/2C28H24F2O6.C22H20F2O6.C22H21FO6/c1-17(2)27(31)35-22-9-7-21(8-10-22)33-13-14-34-25-11-5-19(15-23(25)29)20-6-12-26(24(30)16-20)36-28(32)18(3)4;1-17(2)27(31)35-22-7-5-19(6-8-22)20-15-24(29)26(25(30)16-20)34-14-13-33-21-9-11-23(12-10-21)36-28(32)18(3)4;1-13(2)21(25)29-16-7-5-15(6-8-16)27-9-10-28-20-18(23)11-17(12-19(20)24)30-22(26)14(3)4;1-14(2)21(24)28-17-7-5-16(6-8-17)26-11-12-27-20-10-9-18(13-19(20)23)29-22(25)15(3)4/h2*5-12,15-16H,1,3,13-14H2,2,4H3;5-8,11-12H,1,3,9-10H2,2,4H3;5-10,13H,1,3,11-12H2,2,4H3. The first-order valence-electron chi connectivity index (χ1n) is 39.1. The van der Waals surface area contributed by atoms with Crippen molar-refractivity contribution in [3.63, 3.8) is 0 Å². The number of esters is 8. The third-order valence-corrected chi connectivity index (χ3v) is 16.4. The number of hydrogen-bond acceptors (Lipinski definition) is 24. The largest absolute Gasteiger partial charge is 0.490 e. The fraction of sp³-hybridized carbons (Fsp3) is 0.160. The summed E-state index contributed by atoms with van der Waals surface area (Å²) in [5, 5.41) is 0. The SMILES string of the molecule is C=C(C)C(=O)Oc1ccc(OCCOc2c(F)cc(-c3ccc(OC(=O)C(=C)C)cc3)cc2F)cc1.C=C(C)C(=O)Oc1ccc(OCCOc2c(F)cc(OC(=O)C(=C)C)cc2F)cc1.C=C(C)C(=O)Oc1ccc(OCCOc2ccc(-c3ccc(OC(=O)C(=C)C)c(F)c3)cc2F)cc1.C=C(C)C(=O)Oc1ccc(OCCOc2ccc(OC(=O)C(=C)C)cc2F)cc1. The average Bonchev–Trinajstić information content (AvgIpc) is 0.822. The lowest BCUT2D eigenvalue weighted by molar-refractivity contribution is -0.131. The molecule has 682 valence electrons. The van der Waals surface area contributed by atoms with Gasteiger partial charge in [0.15, 0.2) is 69.5 Å². The molecule has 24 nitrogen and oxygen atoms in total. The van der Waals surface area contributed by atoms with Crippen molar-refractivity contribution >= 4 is 47.8 Å². The second-order valence-electron chi connectivity index (χ2n) is 27.9. The van der Waals surface area contributed by atoms with Crippen molar-refractivity contribution in [1.29, 1.82) is 0 Å². The molecule has 0 spiro atoms. The minimum atomic E-state index is -1.02. The Bertz CT molecular complexity index is 5840. The third-order valence-electron chi connectivity index (χ3n) is 16.4. The Balaban J connectivity index is 0.000000240. The Morgan fingerprint density at radius 2 is 0.382 bits per heavy atom. The number of rotatable bonds is 38. The zero-order valence-electron chi connectivity index (χ0n) is 72.3. The molecule has 10 aromatic rings. The molecule has 0 unspecified atom stereocenters. The van der Waals surface area contributed by atoms with Gasteiger partial charge < -0.3 is 75.8 Å². The Kier molecular flexibility index (Phi) is 39.0. The summed E-state index contributed by atoms with van der Waals surface area (Å²) < 4.78 is 183. The van der Waals surface area contributed by atoms with Crippen molar-refractivity contribution in [3.8, 4) is 114 Å². The molecule has 0 heterocycles. The molecule has 0 N–H and O–H groups in total. The van der Waals surface area contributed by atoms with E-state index in [0.717, 1.165) is 36.4 Å². The van der Waals surface area contributed by atoms with E-state index >= 15 is 0 Å². The van der Waals surface area contributed by atoms with E-state index in [1.165, 1.54) is 95.3 Å². The predicted octanol–water partition coefficient (Wildman–Crippen LogP) is 20.7. The monoisotopic (exact) mass is 1810 g/mol. The van der Waals surface area contributed by atoms with E-state index in [0.29, 0.717) is 79.4 Å². The van der Waals surface area contributed by atoms with Gasteiger partial charge in [-0.3, -0.25) is 0 Å². The number of carbonyl (C=O) groups is 8. The van der Waals surface area contributed by atoms with E-state index in [1.54, 1.807) is 124 Å². The molecule has 0 amide bonds. The lowest BCUT2D eigenvalue weighted by atomic mass is 10.0. The normalized spacial score (nSPS) is 10.2. The van der Waals surface area contributed by atoms with Crippen LogP contribution in [-0.4, -0.2) is 101 Å². The van der Waals surface area contributed by atoms with Crippen LogP contribution >= 0.6 is 0 Å². The van der Waals surface area contributed by atoms with Crippen LogP contribution in [0.15, 0.2) is 297 Å². The summed E-state index contributed by atoms with van der Waals surface area (Å²) in [5.74, 6) is -8.64. The molecular weight excluding hydrogens is 1720 g/mol. The molecule has 0 radical (unpaired) electrons. The van der Waals surface area contributed by atoms with Crippen LogP contribution in [0.3, 0.4) is 0 Å². The van der Waals surface area contributed by atoms with Gasteiger partial charge in [-0.05, 0) is 235 Å². The van der Waals surface area contributed by atoms with Crippen LogP contribution in [0.25, 0.3) is 22.3 Å². The molecule has 0 aliphatic heterocycles. The van der Waals surface area contributed by atoms with Gasteiger partial charge in [-0.25, -0.2) is 69.1 Å². The van der Waals surface area contributed by atoms with Gasteiger partial charge in [-0.1, -0.05) is 76.9 Å². The van der Waals surface area contributed by atoms with Crippen LogP contribution in [0.4, 0.5) is 30.7 Å². The highest BCUT2D eigenvalue weighted by Crippen LogP contribution is 2.35. The average molecular weight is 1810 g/mol. The van der Waals surface area contributed by atoms with E-state index in [9.17, 15) is 69.1 Å². The van der Waals surface area contributed by atoms with Gasteiger partial charge in [-0.2, -0.15) is 0 Å². The fourth-order valence-electron chi connectivity index (χ4n) is 9.73. The number of hydrogen-bond donors (Lipinski definition) is 0. The lowest BCUT2D eigenvalue weighted by Gasteiger charge is -2.12. The van der Waals surface area contributed by atoms with E-state index < -0.39 is 100.0 Å². The molecule has 0 fully saturated rings. The van der Waals surface area contributed by atoms with Crippen LogP contribution in [0.1, 0.15) is 55.4 Å².